The smallest absolute Gasteiger partial charge is 0.327 e. The molecule has 1 aliphatic rings. The number of benzene rings is 1. The van der Waals surface area contributed by atoms with E-state index >= 15 is 0 Å². The molecule has 1 fully saturated rings. The number of hydrogen-bond donors (Lipinski definition) is 2. The van der Waals surface area contributed by atoms with Crippen LogP contribution >= 0.6 is 11.6 Å². The number of carboxylic acid groups (broad SMARTS) is 1. The van der Waals surface area contributed by atoms with Crippen LogP contribution in [0.4, 0.5) is 16.0 Å². The van der Waals surface area contributed by atoms with Gasteiger partial charge >= 0.3 is 5.97 Å². The van der Waals surface area contributed by atoms with E-state index in [1.54, 1.807) is 19.9 Å². The van der Waals surface area contributed by atoms with Crippen LogP contribution in [0.3, 0.4) is 0 Å². The molecular weight excluding hydrogens is 377 g/mol. The summed E-state index contributed by atoms with van der Waals surface area (Å²) >= 11 is 5.84. The Balaban J connectivity index is 2.14. The van der Waals surface area contributed by atoms with Crippen LogP contribution in [0, 0.1) is 19.7 Å². The fraction of sp³-hybridized carbons (Fsp3) is 0.235. The molecule has 1 atom stereocenters. The number of amides is 1. The van der Waals surface area contributed by atoms with Crippen molar-refractivity contribution in [2.45, 2.75) is 26.3 Å². The Morgan fingerprint density at radius 1 is 1.33 bits per heavy atom. The van der Waals surface area contributed by atoms with Gasteiger partial charge < -0.3 is 5.11 Å². The molecule has 3 rings (SSSR count). The van der Waals surface area contributed by atoms with Crippen LogP contribution < -0.4 is 10.2 Å². The Morgan fingerprint density at radius 3 is 2.59 bits per heavy atom. The van der Waals surface area contributed by atoms with Gasteiger partial charge in [-0.25, -0.2) is 19.2 Å². The maximum Gasteiger partial charge on any atom is 0.327 e. The fourth-order valence-electron chi connectivity index (χ4n) is 2.72. The van der Waals surface area contributed by atoms with E-state index < -0.39 is 23.7 Å². The third kappa shape index (κ3) is 4.03. The molecule has 140 valence electrons. The molecule has 1 aliphatic heterocycles. The average molecular weight is 392 g/mol. The number of rotatable bonds is 3. The summed E-state index contributed by atoms with van der Waals surface area (Å²) in [5.74, 6) is -2.42. The molecular formula is C17H15ClFN5O3. The maximum absolute atomic E-state index is 13.5. The standard InChI is InChI=1S/C17H15ClFN5O3/c1-8-5-9(2)21-16(20-8)23-17-22-14(25)7-13(15(26)27)24(17)10-3-4-12(19)11(18)6-10/h3-6,13H,7H2,1-2H3,(H,26,27)(H,20,21,22,23,25)/t13-/m0/s1. The molecule has 10 heteroatoms. The summed E-state index contributed by atoms with van der Waals surface area (Å²) in [7, 11) is 0. The van der Waals surface area contributed by atoms with Gasteiger partial charge in [-0.05, 0) is 38.1 Å². The van der Waals surface area contributed by atoms with Gasteiger partial charge in [-0.2, -0.15) is 4.99 Å². The number of aryl methyl sites for hydroxylation is 2. The van der Waals surface area contributed by atoms with Gasteiger partial charge in [-0.1, -0.05) is 11.6 Å². The molecule has 0 unspecified atom stereocenters. The number of guanidine groups is 1. The molecule has 0 saturated carbocycles. The highest BCUT2D eigenvalue weighted by molar-refractivity contribution is 6.31. The molecule has 1 aromatic carbocycles. The molecule has 8 nitrogen and oxygen atoms in total. The van der Waals surface area contributed by atoms with Crippen molar-refractivity contribution in [3.05, 3.63) is 46.5 Å². The molecule has 1 amide bonds. The Bertz CT molecular complexity index is 945. The first-order valence-corrected chi connectivity index (χ1v) is 8.30. The minimum absolute atomic E-state index is 0.0621. The Morgan fingerprint density at radius 2 is 2.00 bits per heavy atom. The lowest BCUT2D eigenvalue weighted by molar-refractivity contribution is -0.140. The average Bonchev–Trinajstić information content (AvgIpc) is 2.56. The highest BCUT2D eigenvalue weighted by atomic mass is 35.5. The zero-order chi connectivity index (χ0) is 19.7. The number of anilines is 1. The third-order valence-electron chi connectivity index (χ3n) is 3.81. The molecule has 0 bridgehead atoms. The summed E-state index contributed by atoms with van der Waals surface area (Å²) in [6.45, 7) is 3.52. The predicted molar refractivity (Wildman–Crippen MR) is 96.7 cm³/mol. The Hall–Kier alpha value is -3.07. The second-order valence-electron chi connectivity index (χ2n) is 5.96. The zero-order valence-corrected chi connectivity index (χ0v) is 15.2. The van der Waals surface area contributed by atoms with E-state index in [0.717, 1.165) is 6.07 Å². The van der Waals surface area contributed by atoms with Gasteiger partial charge in [0.05, 0.1) is 11.4 Å². The van der Waals surface area contributed by atoms with Crippen molar-refractivity contribution < 1.29 is 19.1 Å². The molecule has 1 aromatic heterocycles. The third-order valence-corrected chi connectivity index (χ3v) is 4.10. The molecule has 27 heavy (non-hydrogen) atoms. The van der Waals surface area contributed by atoms with Gasteiger partial charge in [0, 0.05) is 17.1 Å². The van der Waals surface area contributed by atoms with E-state index in [0.29, 0.717) is 11.4 Å². The van der Waals surface area contributed by atoms with Crippen molar-refractivity contribution in [3.8, 4) is 0 Å². The lowest BCUT2D eigenvalue weighted by Crippen LogP contribution is -2.58. The highest BCUT2D eigenvalue weighted by Gasteiger charge is 2.37. The first kappa shape index (κ1) is 18.7. The number of aliphatic carboxylic acids is 1. The predicted octanol–water partition coefficient (Wildman–Crippen LogP) is 2.35. The summed E-state index contributed by atoms with van der Waals surface area (Å²) < 4.78 is 13.5. The van der Waals surface area contributed by atoms with Crippen LogP contribution in [-0.4, -0.2) is 39.0 Å². The normalized spacial score (nSPS) is 18.5. The topological polar surface area (TPSA) is 108 Å². The minimum Gasteiger partial charge on any atom is -0.480 e. The summed E-state index contributed by atoms with van der Waals surface area (Å²) in [5.41, 5.74) is 1.59. The summed E-state index contributed by atoms with van der Waals surface area (Å²) in [6.07, 6.45) is -0.308. The molecule has 2 N–H and O–H groups in total. The van der Waals surface area contributed by atoms with E-state index in [-0.39, 0.29) is 29.0 Å². The molecule has 2 heterocycles. The van der Waals surface area contributed by atoms with Crippen molar-refractivity contribution >= 4 is 41.1 Å². The number of aromatic nitrogens is 2. The lowest BCUT2D eigenvalue weighted by Gasteiger charge is -2.35. The number of halogens is 2. The van der Waals surface area contributed by atoms with E-state index in [9.17, 15) is 19.1 Å². The van der Waals surface area contributed by atoms with Crippen molar-refractivity contribution in [2.75, 3.05) is 4.90 Å². The largest absolute Gasteiger partial charge is 0.480 e. The molecule has 0 spiro atoms. The minimum atomic E-state index is -1.25. The number of carboxylic acids is 1. The Kier molecular flexibility index (Phi) is 5.04. The fourth-order valence-corrected chi connectivity index (χ4v) is 2.89. The highest BCUT2D eigenvalue weighted by Crippen LogP contribution is 2.27. The monoisotopic (exact) mass is 391 g/mol. The Labute approximate surface area is 158 Å². The van der Waals surface area contributed by atoms with E-state index in [1.165, 1.54) is 17.0 Å². The number of carbonyl (C=O) groups excluding carboxylic acids is 1. The maximum atomic E-state index is 13.5. The number of hydrogen-bond acceptors (Lipinski definition) is 5. The van der Waals surface area contributed by atoms with Gasteiger partial charge in [0.2, 0.25) is 11.9 Å². The van der Waals surface area contributed by atoms with Gasteiger partial charge in [-0.3, -0.25) is 15.0 Å². The second kappa shape index (κ2) is 7.28. The van der Waals surface area contributed by atoms with Gasteiger partial charge in [0.25, 0.3) is 5.95 Å². The number of nitrogens with zero attached hydrogens (tertiary/aromatic N) is 4. The summed E-state index contributed by atoms with van der Waals surface area (Å²) in [6, 6.07) is 4.23. The molecule has 2 aromatic rings. The first-order chi connectivity index (χ1) is 12.7. The second-order valence-corrected chi connectivity index (χ2v) is 6.37. The van der Waals surface area contributed by atoms with Crippen LogP contribution in [0.5, 0.6) is 0 Å². The van der Waals surface area contributed by atoms with Gasteiger partial charge in [0.1, 0.15) is 11.9 Å². The van der Waals surface area contributed by atoms with Crippen LogP contribution in [0.25, 0.3) is 0 Å². The zero-order valence-electron chi connectivity index (χ0n) is 14.4. The van der Waals surface area contributed by atoms with E-state index in [1.807, 2.05) is 0 Å². The first-order valence-electron chi connectivity index (χ1n) is 7.92. The van der Waals surface area contributed by atoms with Crippen molar-refractivity contribution in [1.82, 2.24) is 15.3 Å². The molecule has 1 saturated heterocycles. The lowest BCUT2D eigenvalue weighted by atomic mass is 10.1. The van der Waals surface area contributed by atoms with Crippen molar-refractivity contribution in [3.63, 3.8) is 0 Å². The molecule has 0 radical (unpaired) electrons. The van der Waals surface area contributed by atoms with E-state index in [2.05, 4.69) is 20.3 Å². The number of aliphatic imine (C=N–C) groups is 1. The SMILES string of the molecule is Cc1cc(C)nc(/N=C2\NC(=O)C[C@@H](C(=O)O)N2c2ccc(F)c(Cl)c2)n1. The number of nitrogens with one attached hydrogen (secondary N) is 1. The summed E-state index contributed by atoms with van der Waals surface area (Å²) in [5, 5.41) is 11.9. The van der Waals surface area contributed by atoms with Gasteiger partial charge in [-0.15, -0.1) is 0 Å². The van der Waals surface area contributed by atoms with Crippen LogP contribution in [0.15, 0.2) is 29.3 Å². The van der Waals surface area contributed by atoms with Gasteiger partial charge in [0.15, 0.2) is 0 Å². The van der Waals surface area contributed by atoms with Crippen LogP contribution in [-0.2, 0) is 9.59 Å². The van der Waals surface area contributed by atoms with Crippen LogP contribution in [0.1, 0.15) is 17.8 Å². The quantitative estimate of drug-likeness (QED) is 0.831. The number of carbonyl (C=O) groups is 2. The summed E-state index contributed by atoms with van der Waals surface area (Å²) in [4.78, 5) is 37.6. The van der Waals surface area contributed by atoms with Crippen LogP contribution in [0.2, 0.25) is 5.02 Å². The van der Waals surface area contributed by atoms with Crippen molar-refractivity contribution in [2.24, 2.45) is 4.99 Å². The van der Waals surface area contributed by atoms with Crippen molar-refractivity contribution in [1.29, 1.82) is 0 Å². The van der Waals surface area contributed by atoms with E-state index in [4.69, 9.17) is 11.6 Å². The molecule has 0 aliphatic carbocycles.